The van der Waals surface area contributed by atoms with E-state index in [1.807, 2.05) is 0 Å². The average Bonchev–Trinajstić information content (AvgIpc) is 3.49. The quantitative estimate of drug-likeness (QED) is 0.0282. The van der Waals surface area contributed by atoms with Gasteiger partial charge in [-0.2, -0.15) is 0 Å². The number of hydrogen-bond acceptors (Lipinski definition) is 18. The number of hydrogen-bond donors (Lipinski definition) is 12. The van der Waals surface area contributed by atoms with Gasteiger partial charge in [0.25, 0.3) is 0 Å². The van der Waals surface area contributed by atoms with Crippen molar-refractivity contribution in [2.24, 2.45) is 0 Å². The zero-order valence-corrected chi connectivity index (χ0v) is 47.3. The highest BCUT2D eigenvalue weighted by molar-refractivity contribution is 5.76. The van der Waals surface area contributed by atoms with E-state index < -0.39 is 124 Å². The molecule has 0 aromatic carbocycles. The number of rotatable bonds is 42. The van der Waals surface area contributed by atoms with Crippen LogP contribution in [0.25, 0.3) is 0 Å². The molecule has 17 unspecified atom stereocenters. The van der Waals surface area contributed by atoms with Gasteiger partial charge < -0.3 is 89.9 Å². The van der Waals surface area contributed by atoms with E-state index in [9.17, 15) is 61.0 Å². The molecule has 3 fully saturated rings. The van der Waals surface area contributed by atoms with Gasteiger partial charge in [-0.25, -0.2) is 0 Å². The second kappa shape index (κ2) is 43.0. The molecule has 1 amide bonds. The van der Waals surface area contributed by atoms with E-state index in [0.717, 1.165) is 89.9 Å². The Labute approximate surface area is 470 Å². The van der Waals surface area contributed by atoms with Crippen molar-refractivity contribution in [2.45, 2.75) is 272 Å². The Morgan fingerprint density at radius 2 is 0.873 bits per heavy atom. The van der Waals surface area contributed by atoms with Crippen molar-refractivity contribution >= 4 is 5.91 Å². The molecule has 0 aromatic heterocycles. The number of aliphatic hydroxyl groups excluding tert-OH is 11. The van der Waals surface area contributed by atoms with Crippen molar-refractivity contribution in [3.63, 3.8) is 0 Å². The third-order valence-electron chi connectivity index (χ3n) is 14.5. The van der Waals surface area contributed by atoms with Crippen LogP contribution in [-0.4, -0.2) is 193 Å². The monoisotopic (exact) mass is 1130 g/mol. The fourth-order valence-electron chi connectivity index (χ4n) is 9.67. The van der Waals surface area contributed by atoms with Crippen LogP contribution in [0.1, 0.15) is 168 Å². The lowest BCUT2D eigenvalue weighted by atomic mass is 9.96. The third-order valence-corrected chi connectivity index (χ3v) is 14.5. The topological polar surface area (TPSA) is 307 Å². The molecule has 3 rings (SSSR count). The highest BCUT2D eigenvalue weighted by Crippen LogP contribution is 2.33. The van der Waals surface area contributed by atoms with Crippen LogP contribution in [0.3, 0.4) is 0 Å². The molecule has 456 valence electrons. The molecule has 0 saturated carbocycles. The molecule has 19 heteroatoms. The van der Waals surface area contributed by atoms with Crippen molar-refractivity contribution in [1.82, 2.24) is 5.32 Å². The third kappa shape index (κ3) is 27.0. The Morgan fingerprint density at radius 1 is 0.468 bits per heavy atom. The molecule has 0 radical (unpaired) electrons. The highest BCUT2D eigenvalue weighted by Gasteiger charge is 2.53. The fourth-order valence-corrected chi connectivity index (χ4v) is 9.67. The van der Waals surface area contributed by atoms with Crippen molar-refractivity contribution < 1.29 is 89.4 Å². The average molecular weight is 1130 g/mol. The highest BCUT2D eigenvalue weighted by atomic mass is 16.8. The summed E-state index contributed by atoms with van der Waals surface area (Å²) in [7, 11) is 0. The number of amides is 1. The van der Waals surface area contributed by atoms with E-state index in [1.165, 1.54) is 44.9 Å². The zero-order chi connectivity index (χ0) is 57.6. The maximum Gasteiger partial charge on any atom is 0.220 e. The Morgan fingerprint density at radius 3 is 1.37 bits per heavy atom. The first-order chi connectivity index (χ1) is 38.3. The smallest absolute Gasteiger partial charge is 0.220 e. The molecule has 79 heavy (non-hydrogen) atoms. The van der Waals surface area contributed by atoms with Gasteiger partial charge in [0.15, 0.2) is 18.9 Å². The lowest BCUT2D eigenvalue weighted by molar-refractivity contribution is -0.379. The van der Waals surface area contributed by atoms with Gasteiger partial charge in [-0.3, -0.25) is 4.79 Å². The van der Waals surface area contributed by atoms with Gasteiger partial charge in [0.05, 0.1) is 38.6 Å². The van der Waals surface area contributed by atoms with Crippen LogP contribution in [0.5, 0.6) is 0 Å². The lowest BCUT2D eigenvalue weighted by Gasteiger charge is -2.48. The van der Waals surface area contributed by atoms with E-state index in [4.69, 9.17) is 28.4 Å². The fraction of sp³-hybridized carbons (Fsp3) is 0.783. The summed E-state index contributed by atoms with van der Waals surface area (Å²) in [6, 6.07) is -0.904. The molecule has 17 atom stereocenters. The first-order valence-corrected chi connectivity index (χ1v) is 29.7. The summed E-state index contributed by atoms with van der Waals surface area (Å²) < 4.78 is 34.2. The summed E-state index contributed by atoms with van der Waals surface area (Å²) in [5.74, 6) is -0.273. The number of nitrogens with one attached hydrogen (secondary N) is 1. The SMILES string of the molecule is CC/C=C\C/C=C\C/C=C\C/C=C\C/C=C\C/C=C\CCCCCCC(=O)NC(COC1OC(CO)C(OC2OC(CO)C(OC3OC(CO)C(O)C(O)C3O)C(O)C2O)C(O)C1O)C(O)CCCCCCCCCCCCC. The van der Waals surface area contributed by atoms with Gasteiger partial charge in [0, 0.05) is 6.42 Å². The van der Waals surface area contributed by atoms with Crippen molar-refractivity contribution in [1.29, 1.82) is 0 Å². The Kier molecular flexibility index (Phi) is 38.3. The summed E-state index contributed by atoms with van der Waals surface area (Å²) in [5.41, 5.74) is 0. The van der Waals surface area contributed by atoms with Gasteiger partial charge in [-0.15, -0.1) is 0 Å². The minimum absolute atomic E-state index is 0.232. The molecule has 12 N–H and O–H groups in total. The van der Waals surface area contributed by atoms with E-state index >= 15 is 0 Å². The first-order valence-electron chi connectivity index (χ1n) is 29.7. The van der Waals surface area contributed by atoms with Crippen LogP contribution in [-0.2, 0) is 33.2 Å². The van der Waals surface area contributed by atoms with Gasteiger partial charge in [0.1, 0.15) is 73.2 Å². The minimum atomic E-state index is -1.98. The predicted molar refractivity (Wildman–Crippen MR) is 300 cm³/mol. The molecule has 19 nitrogen and oxygen atoms in total. The first kappa shape index (κ1) is 70.5. The Hall–Kier alpha value is -2.77. The number of ether oxygens (including phenoxy) is 6. The summed E-state index contributed by atoms with van der Waals surface area (Å²) >= 11 is 0. The number of carbonyl (C=O) groups excluding carboxylic acids is 1. The molecule has 3 heterocycles. The Bertz CT molecular complexity index is 1730. The number of carbonyl (C=O) groups is 1. The summed E-state index contributed by atoms with van der Waals surface area (Å²) in [4.78, 5) is 13.3. The lowest BCUT2D eigenvalue weighted by Crippen LogP contribution is -2.66. The standard InChI is InChI=1S/C60H103NO18/c1-3-5-7-9-11-13-15-16-17-18-19-20-21-22-23-24-25-26-28-30-32-34-36-38-48(66)61-43(44(65)37-35-33-31-29-27-14-12-10-8-6-4-2)42-74-58-54(72)51(69)56(46(40-63)76-58)79-60-55(73)52(70)57(47(41-64)77-60)78-59-53(71)50(68)49(67)45(39-62)75-59/h5,7,11,13,16-17,19-20,22-23,25-26,43-47,49-60,62-65,67-73H,3-4,6,8-10,12,14-15,18,21,24,27-42H2,1-2H3,(H,61,66)/b7-5-,13-11-,17-16-,20-19-,23-22-,26-25-. The van der Waals surface area contributed by atoms with E-state index in [0.29, 0.717) is 12.8 Å². The minimum Gasteiger partial charge on any atom is -0.394 e. The molecular weight excluding hydrogens is 1020 g/mol. The van der Waals surface area contributed by atoms with Crippen LogP contribution in [0.4, 0.5) is 0 Å². The summed E-state index contributed by atoms with van der Waals surface area (Å²) in [6.45, 7) is 1.61. The van der Waals surface area contributed by atoms with Crippen molar-refractivity contribution in [2.75, 3.05) is 26.4 Å². The maximum absolute atomic E-state index is 13.3. The van der Waals surface area contributed by atoms with Gasteiger partial charge in [-0.05, 0) is 64.2 Å². The van der Waals surface area contributed by atoms with Gasteiger partial charge in [-0.1, -0.05) is 170 Å². The normalized spacial score (nSPS) is 30.8. The molecule has 0 aliphatic carbocycles. The van der Waals surface area contributed by atoms with E-state index in [2.05, 4.69) is 92.1 Å². The van der Waals surface area contributed by atoms with Crippen LogP contribution in [0, 0.1) is 0 Å². The maximum atomic E-state index is 13.3. The molecular formula is C60H103NO18. The van der Waals surface area contributed by atoms with E-state index in [-0.39, 0.29) is 18.9 Å². The zero-order valence-electron chi connectivity index (χ0n) is 47.3. The number of allylic oxidation sites excluding steroid dienone is 12. The molecule has 3 aliphatic rings. The van der Waals surface area contributed by atoms with Crippen LogP contribution >= 0.6 is 0 Å². The molecule has 3 saturated heterocycles. The summed E-state index contributed by atoms with van der Waals surface area (Å²) in [5, 5.41) is 120. The second-order valence-electron chi connectivity index (χ2n) is 21.1. The van der Waals surface area contributed by atoms with Gasteiger partial charge in [0.2, 0.25) is 5.91 Å². The van der Waals surface area contributed by atoms with E-state index in [1.54, 1.807) is 0 Å². The van der Waals surface area contributed by atoms with Crippen LogP contribution in [0.2, 0.25) is 0 Å². The number of aliphatic hydroxyl groups is 11. The Balaban J connectivity index is 1.48. The van der Waals surface area contributed by atoms with Crippen molar-refractivity contribution in [3.05, 3.63) is 72.9 Å². The van der Waals surface area contributed by atoms with Crippen LogP contribution in [0.15, 0.2) is 72.9 Å². The molecule has 0 spiro atoms. The summed E-state index contributed by atoms with van der Waals surface area (Å²) in [6.07, 6.45) is 22.8. The second-order valence-corrected chi connectivity index (χ2v) is 21.1. The van der Waals surface area contributed by atoms with Crippen molar-refractivity contribution in [3.8, 4) is 0 Å². The molecule has 0 bridgehead atoms. The number of unbranched alkanes of at least 4 members (excludes halogenated alkanes) is 14. The van der Waals surface area contributed by atoms with Crippen LogP contribution < -0.4 is 5.32 Å². The molecule has 3 aliphatic heterocycles. The van der Waals surface area contributed by atoms with Gasteiger partial charge >= 0.3 is 0 Å². The predicted octanol–water partition coefficient (Wildman–Crippen LogP) is 5.04. The largest absolute Gasteiger partial charge is 0.394 e. The molecule has 0 aromatic rings.